The van der Waals surface area contributed by atoms with Crippen molar-refractivity contribution in [3.8, 4) is 11.5 Å². The van der Waals surface area contributed by atoms with Crippen molar-refractivity contribution in [1.82, 2.24) is 0 Å². The van der Waals surface area contributed by atoms with E-state index in [1.807, 2.05) is 12.1 Å². The molecule has 2 bridgehead atoms. The highest BCUT2D eigenvalue weighted by molar-refractivity contribution is 7.80. The first-order valence-corrected chi connectivity index (χ1v) is 10.2. The molecule has 1 spiro atoms. The summed E-state index contributed by atoms with van der Waals surface area (Å²) in [4.78, 5) is 0. The van der Waals surface area contributed by atoms with Gasteiger partial charge in [-0.15, -0.1) is 0 Å². The van der Waals surface area contributed by atoms with Gasteiger partial charge in [0.2, 0.25) is 0 Å². The standard InChI is InChI=1S/C18H21NO6S/c1-19(2)8-7-18-11-4-6-14(25-26(21,22)23)17(18)24-16-13(20)5-3-10(15(16)18)9-12(11)19/h3-6,11-12,14,17H,7-9H2,1-2H3,(H-,20,21,22,23)/p+1/t11-,12+,14-,17-,18-/m0/s1. The number of phenols is 1. The minimum atomic E-state index is -4.62. The molecule has 0 saturated carbocycles. The van der Waals surface area contributed by atoms with E-state index in [0.29, 0.717) is 11.8 Å². The number of phenolic OH excluding ortho intramolecular Hbond substituents is 1. The zero-order chi connectivity index (χ0) is 18.5. The van der Waals surface area contributed by atoms with Gasteiger partial charge in [0.15, 0.2) is 11.5 Å². The Morgan fingerprint density at radius 2 is 2.08 bits per heavy atom. The van der Waals surface area contributed by atoms with Crippen LogP contribution in [0.5, 0.6) is 11.5 Å². The summed E-state index contributed by atoms with van der Waals surface area (Å²) in [6.45, 7) is 0.919. The number of piperidine rings is 1. The molecule has 0 unspecified atom stereocenters. The Hall–Kier alpha value is -1.61. The lowest BCUT2D eigenvalue weighted by molar-refractivity contribution is -0.926. The van der Waals surface area contributed by atoms with Crippen molar-refractivity contribution in [2.24, 2.45) is 5.92 Å². The van der Waals surface area contributed by atoms with Gasteiger partial charge < -0.3 is 14.3 Å². The number of nitrogens with zero attached hydrogens (tertiary/aromatic N) is 1. The molecule has 5 rings (SSSR count). The molecular formula is C18H22NO6S+. The predicted octanol–water partition coefficient (Wildman–Crippen LogP) is 1.17. The van der Waals surface area contributed by atoms with Crippen molar-refractivity contribution in [3.63, 3.8) is 0 Å². The van der Waals surface area contributed by atoms with Crippen LogP contribution in [0.25, 0.3) is 0 Å². The van der Waals surface area contributed by atoms with Crippen molar-refractivity contribution >= 4 is 10.4 Å². The number of hydrogen-bond acceptors (Lipinski definition) is 5. The molecular weight excluding hydrogens is 358 g/mol. The van der Waals surface area contributed by atoms with E-state index in [1.165, 1.54) is 0 Å². The van der Waals surface area contributed by atoms with E-state index in [0.717, 1.165) is 35.0 Å². The van der Waals surface area contributed by atoms with Gasteiger partial charge in [0.05, 0.1) is 26.1 Å². The third-order valence-electron chi connectivity index (χ3n) is 6.92. The molecule has 4 aliphatic rings. The minimum absolute atomic E-state index is 0.0645. The van der Waals surface area contributed by atoms with Gasteiger partial charge in [-0.1, -0.05) is 18.2 Å². The van der Waals surface area contributed by atoms with Crippen LogP contribution >= 0.6 is 0 Å². The first-order chi connectivity index (χ1) is 12.1. The summed E-state index contributed by atoms with van der Waals surface area (Å²) in [6.07, 6.45) is 3.88. The molecule has 0 aromatic heterocycles. The Bertz CT molecular complexity index is 939. The molecule has 140 valence electrons. The van der Waals surface area contributed by atoms with Gasteiger partial charge in [-0.25, -0.2) is 4.18 Å². The molecule has 1 saturated heterocycles. The Kier molecular flexibility index (Phi) is 3.06. The first-order valence-electron chi connectivity index (χ1n) is 8.82. The molecule has 26 heavy (non-hydrogen) atoms. The van der Waals surface area contributed by atoms with E-state index in [4.69, 9.17) is 8.92 Å². The molecule has 2 aliphatic heterocycles. The Morgan fingerprint density at radius 1 is 1.31 bits per heavy atom. The number of rotatable bonds is 2. The van der Waals surface area contributed by atoms with Gasteiger partial charge in [-0.2, -0.15) is 8.42 Å². The number of likely N-dealkylation sites (N-methyl/N-ethyl adjacent to an activating group) is 1. The summed E-state index contributed by atoms with van der Waals surface area (Å²) in [5, 5.41) is 10.4. The lowest BCUT2D eigenvalue weighted by Crippen LogP contribution is -2.70. The van der Waals surface area contributed by atoms with Crippen LogP contribution in [0, 0.1) is 5.92 Å². The van der Waals surface area contributed by atoms with Crippen molar-refractivity contribution in [3.05, 3.63) is 35.4 Å². The summed E-state index contributed by atoms with van der Waals surface area (Å²) in [5.74, 6) is 0.665. The average molecular weight is 380 g/mol. The second-order valence-corrected chi connectivity index (χ2v) is 9.50. The molecule has 5 atom stereocenters. The van der Waals surface area contributed by atoms with Crippen molar-refractivity contribution in [2.75, 3.05) is 20.6 Å². The first kappa shape index (κ1) is 16.6. The summed E-state index contributed by atoms with van der Waals surface area (Å²) in [7, 11) is -0.170. The van der Waals surface area contributed by atoms with Crippen LogP contribution in [0.2, 0.25) is 0 Å². The minimum Gasteiger partial charge on any atom is -0.504 e. The SMILES string of the molecule is C[N+]1(C)CC[C@]23c4c5ccc(O)c4O[C@H]2[C@@H](OS(=O)(=O)O)C=C[C@H]3[C@H]1C5. The fourth-order valence-corrected chi connectivity index (χ4v) is 6.25. The van der Waals surface area contributed by atoms with Crippen LogP contribution in [0.15, 0.2) is 24.3 Å². The van der Waals surface area contributed by atoms with Gasteiger partial charge >= 0.3 is 10.4 Å². The van der Waals surface area contributed by atoms with Gasteiger partial charge in [0.1, 0.15) is 18.2 Å². The molecule has 0 radical (unpaired) electrons. The lowest BCUT2D eigenvalue weighted by atomic mass is 9.53. The zero-order valence-electron chi connectivity index (χ0n) is 14.6. The number of benzene rings is 1. The zero-order valence-corrected chi connectivity index (χ0v) is 15.4. The average Bonchev–Trinajstić information content (AvgIpc) is 2.89. The Labute approximate surface area is 152 Å². The molecule has 7 nitrogen and oxygen atoms in total. The quantitative estimate of drug-likeness (QED) is 0.455. The molecule has 1 fully saturated rings. The fraction of sp³-hybridized carbons (Fsp3) is 0.556. The number of likely N-dealkylation sites (tertiary alicyclic amines) is 1. The Balaban J connectivity index is 1.75. The van der Waals surface area contributed by atoms with Crippen LogP contribution < -0.4 is 4.74 Å². The van der Waals surface area contributed by atoms with E-state index >= 15 is 0 Å². The van der Waals surface area contributed by atoms with Gasteiger partial charge in [0, 0.05) is 24.3 Å². The highest BCUT2D eigenvalue weighted by Gasteiger charge is 2.68. The summed E-state index contributed by atoms with van der Waals surface area (Å²) < 4.78 is 43.9. The molecule has 0 amide bonds. The number of hydrogen-bond donors (Lipinski definition) is 2. The van der Waals surface area contributed by atoms with Gasteiger partial charge in [-0.05, 0) is 11.6 Å². The van der Waals surface area contributed by atoms with Crippen molar-refractivity contribution < 1.29 is 31.5 Å². The monoisotopic (exact) mass is 380 g/mol. The summed E-state index contributed by atoms with van der Waals surface area (Å²) in [5.41, 5.74) is 1.70. The van der Waals surface area contributed by atoms with Crippen LogP contribution in [-0.4, -0.2) is 61.4 Å². The molecule has 2 N–H and O–H groups in total. The smallest absolute Gasteiger partial charge is 0.398 e. The largest absolute Gasteiger partial charge is 0.504 e. The number of ether oxygens (including phenoxy) is 1. The van der Waals surface area contributed by atoms with Crippen molar-refractivity contribution in [2.45, 2.75) is 36.5 Å². The fourth-order valence-electron chi connectivity index (χ4n) is 5.81. The second-order valence-electron chi connectivity index (χ2n) is 8.45. The Morgan fingerprint density at radius 3 is 2.81 bits per heavy atom. The van der Waals surface area contributed by atoms with E-state index in [9.17, 15) is 18.1 Å². The van der Waals surface area contributed by atoms with Crippen LogP contribution in [0.1, 0.15) is 17.5 Å². The molecule has 1 aromatic rings. The maximum atomic E-state index is 11.4. The topological polar surface area (TPSA) is 93.1 Å². The van der Waals surface area contributed by atoms with E-state index < -0.39 is 28.0 Å². The van der Waals surface area contributed by atoms with Crippen LogP contribution in [0.3, 0.4) is 0 Å². The van der Waals surface area contributed by atoms with Crippen LogP contribution in [0.4, 0.5) is 0 Å². The molecule has 1 aromatic carbocycles. The normalized spacial score (nSPS) is 38.6. The van der Waals surface area contributed by atoms with Gasteiger partial charge in [-0.3, -0.25) is 4.55 Å². The van der Waals surface area contributed by atoms with E-state index in [1.54, 1.807) is 12.1 Å². The summed E-state index contributed by atoms with van der Waals surface area (Å²) >= 11 is 0. The molecule has 2 aliphatic carbocycles. The van der Waals surface area contributed by atoms with Crippen molar-refractivity contribution in [1.29, 1.82) is 0 Å². The number of quaternary nitrogens is 1. The summed E-state index contributed by atoms with van der Waals surface area (Å²) in [6, 6.07) is 3.93. The van der Waals surface area contributed by atoms with Crippen LogP contribution in [-0.2, 0) is 26.4 Å². The number of aromatic hydroxyl groups is 1. The van der Waals surface area contributed by atoms with E-state index in [2.05, 4.69) is 14.1 Å². The van der Waals surface area contributed by atoms with E-state index in [-0.39, 0.29) is 11.7 Å². The lowest BCUT2D eigenvalue weighted by Gasteiger charge is -2.58. The van der Waals surface area contributed by atoms with Gasteiger partial charge in [0.25, 0.3) is 0 Å². The molecule has 2 heterocycles. The third kappa shape index (κ3) is 1.95. The highest BCUT2D eigenvalue weighted by Crippen LogP contribution is 2.63. The predicted molar refractivity (Wildman–Crippen MR) is 92.3 cm³/mol. The third-order valence-corrected chi connectivity index (χ3v) is 7.38. The highest BCUT2D eigenvalue weighted by atomic mass is 32.3. The second kappa shape index (κ2) is 4.81. The molecule has 8 heteroatoms. The maximum Gasteiger partial charge on any atom is 0.398 e. The maximum absolute atomic E-state index is 11.4.